The lowest BCUT2D eigenvalue weighted by molar-refractivity contribution is -0.144. The molecule has 90 valence electrons. The molecular weight excluding hydrogens is 204 g/mol. The number of nitrogens with zero attached hydrogens (tertiary/aromatic N) is 2. The van der Waals surface area contributed by atoms with Crippen LogP contribution in [0, 0.1) is 17.2 Å². The molecule has 2 atom stereocenters. The lowest BCUT2D eigenvalue weighted by Gasteiger charge is -2.36. The van der Waals surface area contributed by atoms with Gasteiger partial charge in [-0.25, -0.2) is 0 Å². The van der Waals surface area contributed by atoms with Gasteiger partial charge in [0.1, 0.15) is 0 Å². The number of carboxylic acids is 1. The van der Waals surface area contributed by atoms with E-state index in [9.17, 15) is 4.79 Å². The summed E-state index contributed by atoms with van der Waals surface area (Å²) in [4.78, 5) is 13.2. The highest BCUT2D eigenvalue weighted by Gasteiger charge is 2.28. The third-order valence-electron chi connectivity index (χ3n) is 3.35. The van der Waals surface area contributed by atoms with Crippen LogP contribution >= 0.6 is 0 Å². The molecule has 1 fully saturated rings. The lowest BCUT2D eigenvalue weighted by atomic mass is 9.91. The Morgan fingerprint density at radius 2 is 2.31 bits per heavy atom. The van der Waals surface area contributed by atoms with Gasteiger partial charge in [0, 0.05) is 12.5 Å². The van der Waals surface area contributed by atoms with Crippen molar-refractivity contribution < 1.29 is 9.90 Å². The van der Waals surface area contributed by atoms with Crippen molar-refractivity contribution in [1.82, 2.24) is 4.90 Å². The molecular formula is C12H20N2O2. The first-order valence-corrected chi connectivity index (χ1v) is 5.99. The van der Waals surface area contributed by atoms with Gasteiger partial charge < -0.3 is 10.0 Å². The van der Waals surface area contributed by atoms with Gasteiger partial charge in [0.15, 0.2) is 0 Å². The van der Waals surface area contributed by atoms with Gasteiger partial charge in [-0.05, 0) is 45.7 Å². The zero-order valence-electron chi connectivity index (χ0n) is 9.85. The minimum absolute atomic E-state index is 0.162. The van der Waals surface area contributed by atoms with Gasteiger partial charge in [-0.2, -0.15) is 5.26 Å². The van der Waals surface area contributed by atoms with Crippen molar-refractivity contribution in [3.05, 3.63) is 0 Å². The van der Waals surface area contributed by atoms with Gasteiger partial charge in [0.05, 0.1) is 12.0 Å². The van der Waals surface area contributed by atoms with Crippen LogP contribution in [0.4, 0.5) is 0 Å². The number of carbonyl (C=O) groups is 1. The summed E-state index contributed by atoms with van der Waals surface area (Å²) in [7, 11) is 0. The third-order valence-corrected chi connectivity index (χ3v) is 3.35. The van der Waals surface area contributed by atoms with Crippen LogP contribution in [0.3, 0.4) is 0 Å². The Kier molecular flexibility index (Phi) is 5.27. The summed E-state index contributed by atoms with van der Waals surface area (Å²) in [6.07, 6.45) is 4.13. The summed E-state index contributed by atoms with van der Waals surface area (Å²) in [5, 5.41) is 17.4. The molecule has 0 saturated carbocycles. The van der Waals surface area contributed by atoms with E-state index in [1.165, 1.54) is 0 Å². The van der Waals surface area contributed by atoms with Crippen molar-refractivity contribution in [1.29, 1.82) is 5.26 Å². The Morgan fingerprint density at radius 3 is 2.88 bits per heavy atom. The molecule has 4 heteroatoms. The molecule has 0 spiro atoms. The largest absolute Gasteiger partial charge is 0.481 e. The van der Waals surface area contributed by atoms with E-state index in [0.29, 0.717) is 12.5 Å². The van der Waals surface area contributed by atoms with Gasteiger partial charge in [-0.3, -0.25) is 4.79 Å². The van der Waals surface area contributed by atoms with E-state index in [1.54, 1.807) is 0 Å². The molecule has 2 unspecified atom stereocenters. The highest BCUT2D eigenvalue weighted by atomic mass is 16.4. The van der Waals surface area contributed by atoms with Crippen molar-refractivity contribution in [3.8, 4) is 6.07 Å². The first-order valence-electron chi connectivity index (χ1n) is 5.99. The molecule has 1 rings (SSSR count). The average molecular weight is 224 g/mol. The number of likely N-dealkylation sites (tertiary alicyclic amines) is 1. The topological polar surface area (TPSA) is 64.3 Å². The van der Waals surface area contributed by atoms with E-state index < -0.39 is 5.97 Å². The molecule has 16 heavy (non-hydrogen) atoms. The third kappa shape index (κ3) is 3.82. The van der Waals surface area contributed by atoms with Crippen LogP contribution < -0.4 is 0 Å². The maximum absolute atomic E-state index is 10.9. The number of aliphatic carboxylic acids is 1. The maximum atomic E-state index is 10.9. The fourth-order valence-electron chi connectivity index (χ4n) is 2.30. The van der Waals surface area contributed by atoms with Crippen molar-refractivity contribution in [2.75, 3.05) is 13.1 Å². The van der Waals surface area contributed by atoms with Gasteiger partial charge in [-0.1, -0.05) is 0 Å². The summed E-state index contributed by atoms with van der Waals surface area (Å²) >= 11 is 0. The van der Waals surface area contributed by atoms with Crippen molar-refractivity contribution >= 4 is 5.97 Å². The summed E-state index contributed by atoms with van der Waals surface area (Å²) < 4.78 is 0. The second-order valence-corrected chi connectivity index (χ2v) is 4.56. The predicted octanol–water partition coefficient (Wildman–Crippen LogP) is 1.87. The SMILES string of the molecule is CC1CC(C(=O)O)CCN1CCCCC#N. The molecule has 0 radical (unpaired) electrons. The first-order chi connectivity index (χ1) is 7.65. The molecule has 0 aliphatic carbocycles. The van der Waals surface area contributed by atoms with Crippen LogP contribution in [-0.2, 0) is 4.79 Å². The minimum Gasteiger partial charge on any atom is -0.481 e. The van der Waals surface area contributed by atoms with Crippen molar-refractivity contribution in [2.45, 2.75) is 45.1 Å². The van der Waals surface area contributed by atoms with Gasteiger partial charge in [0.2, 0.25) is 0 Å². The smallest absolute Gasteiger partial charge is 0.306 e. The quantitative estimate of drug-likeness (QED) is 0.724. The van der Waals surface area contributed by atoms with Gasteiger partial charge in [0.25, 0.3) is 0 Å². The zero-order chi connectivity index (χ0) is 12.0. The molecule has 0 aromatic rings. The molecule has 0 aromatic carbocycles. The molecule has 1 saturated heterocycles. The predicted molar refractivity (Wildman–Crippen MR) is 60.9 cm³/mol. The van der Waals surface area contributed by atoms with E-state index in [4.69, 9.17) is 10.4 Å². The molecule has 0 amide bonds. The lowest BCUT2D eigenvalue weighted by Crippen LogP contribution is -2.43. The standard InChI is InChI=1S/C12H20N2O2/c1-10-9-11(12(15)16)5-8-14(10)7-4-2-3-6-13/h10-11H,2-5,7-9H2,1H3,(H,15,16). The number of rotatable bonds is 5. The fourth-order valence-corrected chi connectivity index (χ4v) is 2.30. The van der Waals surface area contributed by atoms with Crippen molar-refractivity contribution in [2.24, 2.45) is 5.92 Å². The van der Waals surface area contributed by atoms with E-state index in [1.807, 2.05) is 0 Å². The molecule has 0 aromatic heterocycles. The molecule has 4 nitrogen and oxygen atoms in total. The van der Waals surface area contributed by atoms with E-state index in [-0.39, 0.29) is 5.92 Å². The average Bonchev–Trinajstić information content (AvgIpc) is 2.26. The number of piperidine rings is 1. The summed E-state index contributed by atoms with van der Waals surface area (Å²) in [5.74, 6) is -0.818. The molecule has 0 bridgehead atoms. The summed E-state index contributed by atoms with van der Waals surface area (Å²) in [6.45, 7) is 3.97. The Labute approximate surface area is 96.9 Å². The summed E-state index contributed by atoms with van der Waals surface area (Å²) in [6, 6.07) is 2.50. The van der Waals surface area contributed by atoms with Crippen LogP contribution in [-0.4, -0.2) is 35.1 Å². The normalized spacial score (nSPS) is 26.2. The molecule has 1 aliphatic rings. The Bertz CT molecular complexity index is 273. The van der Waals surface area contributed by atoms with Gasteiger partial charge in [-0.15, -0.1) is 0 Å². The second kappa shape index (κ2) is 6.49. The van der Waals surface area contributed by atoms with Crippen LogP contribution in [0.25, 0.3) is 0 Å². The van der Waals surface area contributed by atoms with E-state index in [0.717, 1.165) is 38.8 Å². The highest BCUT2D eigenvalue weighted by molar-refractivity contribution is 5.70. The fraction of sp³-hybridized carbons (Fsp3) is 0.833. The monoisotopic (exact) mass is 224 g/mol. The molecule has 1 heterocycles. The van der Waals surface area contributed by atoms with Crippen LogP contribution in [0.5, 0.6) is 0 Å². The Morgan fingerprint density at radius 1 is 1.56 bits per heavy atom. The number of hydrogen-bond donors (Lipinski definition) is 1. The molecule has 1 N–H and O–H groups in total. The summed E-state index contributed by atoms with van der Waals surface area (Å²) in [5.41, 5.74) is 0. The molecule has 1 aliphatic heterocycles. The zero-order valence-corrected chi connectivity index (χ0v) is 9.85. The van der Waals surface area contributed by atoms with Crippen LogP contribution in [0.1, 0.15) is 39.0 Å². The van der Waals surface area contributed by atoms with Crippen molar-refractivity contribution in [3.63, 3.8) is 0 Å². The minimum atomic E-state index is -0.656. The van der Waals surface area contributed by atoms with Crippen LogP contribution in [0.2, 0.25) is 0 Å². The number of hydrogen-bond acceptors (Lipinski definition) is 3. The first kappa shape index (κ1) is 13.0. The maximum Gasteiger partial charge on any atom is 0.306 e. The highest BCUT2D eigenvalue weighted by Crippen LogP contribution is 2.23. The number of unbranched alkanes of at least 4 members (excludes halogenated alkanes) is 2. The van der Waals surface area contributed by atoms with Crippen LogP contribution in [0.15, 0.2) is 0 Å². The number of nitriles is 1. The van der Waals surface area contributed by atoms with E-state index >= 15 is 0 Å². The Hall–Kier alpha value is -1.08. The number of carboxylic acid groups (broad SMARTS) is 1. The second-order valence-electron chi connectivity index (χ2n) is 4.56. The van der Waals surface area contributed by atoms with Gasteiger partial charge >= 0.3 is 5.97 Å². The van der Waals surface area contributed by atoms with E-state index in [2.05, 4.69) is 17.9 Å². The Balaban J connectivity index is 2.25.